The fraction of sp³-hybridized carbons (Fsp3) is 0.538. The molecular weight excluding hydrogens is 226 g/mol. The zero-order valence-corrected chi connectivity index (χ0v) is 11.5. The van der Waals surface area contributed by atoms with Gasteiger partial charge in [0.1, 0.15) is 0 Å². The number of nitrogens with one attached hydrogen (secondary N) is 1. The van der Waals surface area contributed by atoms with Gasteiger partial charge in [-0.05, 0) is 33.0 Å². The van der Waals surface area contributed by atoms with Crippen LogP contribution >= 0.6 is 0 Å². The molecule has 0 bridgehead atoms. The van der Waals surface area contributed by atoms with Gasteiger partial charge in [-0.2, -0.15) is 10.2 Å². The van der Waals surface area contributed by atoms with Crippen molar-refractivity contribution < 1.29 is 0 Å². The maximum Gasteiger partial charge on any atom is 0.0797 e. The van der Waals surface area contributed by atoms with E-state index in [2.05, 4.69) is 39.3 Å². The Kier molecular flexibility index (Phi) is 3.81. The molecule has 0 aromatic carbocycles. The maximum absolute atomic E-state index is 4.48. The lowest BCUT2D eigenvalue weighted by Gasteiger charge is -2.14. The molecule has 2 aromatic rings. The Balaban J connectivity index is 2.19. The van der Waals surface area contributed by atoms with Gasteiger partial charge in [0.05, 0.1) is 17.4 Å². The molecule has 0 radical (unpaired) electrons. The number of aromatic nitrogens is 4. The fourth-order valence-corrected chi connectivity index (χ4v) is 2.22. The summed E-state index contributed by atoms with van der Waals surface area (Å²) in [5.41, 5.74) is 3.39. The molecule has 0 aliphatic rings. The molecule has 0 spiro atoms. The van der Waals surface area contributed by atoms with Crippen LogP contribution in [0.25, 0.3) is 0 Å². The van der Waals surface area contributed by atoms with Gasteiger partial charge in [0.2, 0.25) is 0 Å². The second kappa shape index (κ2) is 5.35. The van der Waals surface area contributed by atoms with Crippen molar-refractivity contribution in [3.63, 3.8) is 0 Å². The summed E-state index contributed by atoms with van der Waals surface area (Å²) in [6.45, 7) is 5.05. The summed E-state index contributed by atoms with van der Waals surface area (Å²) in [6, 6.07) is 4.44. The van der Waals surface area contributed by atoms with Crippen LogP contribution in [0.2, 0.25) is 0 Å². The summed E-state index contributed by atoms with van der Waals surface area (Å²) in [5.74, 6) is 0. The lowest BCUT2D eigenvalue weighted by atomic mass is 10.1. The third-order valence-corrected chi connectivity index (χ3v) is 3.14. The lowest BCUT2D eigenvalue weighted by Crippen LogP contribution is -2.21. The molecule has 98 valence electrons. The molecule has 1 atom stereocenters. The van der Waals surface area contributed by atoms with Crippen LogP contribution in [0.15, 0.2) is 18.3 Å². The van der Waals surface area contributed by atoms with Crippen molar-refractivity contribution in [1.29, 1.82) is 0 Å². The monoisotopic (exact) mass is 247 g/mol. The highest BCUT2D eigenvalue weighted by molar-refractivity contribution is 5.15. The van der Waals surface area contributed by atoms with Gasteiger partial charge in [0.15, 0.2) is 0 Å². The van der Waals surface area contributed by atoms with Gasteiger partial charge < -0.3 is 5.32 Å². The standard InChI is InChI=1S/C13H21N5/c1-5-18-11(8-10(2)15-18)9-13(14-3)12-6-7-17(4)16-12/h6-8,13-14H,5,9H2,1-4H3. The molecule has 0 aliphatic heterocycles. The SMILES string of the molecule is CCn1nc(C)cc1CC(NC)c1ccn(C)n1. The van der Waals surface area contributed by atoms with Crippen LogP contribution in [-0.4, -0.2) is 26.6 Å². The average Bonchev–Trinajstić information content (AvgIpc) is 2.92. The quantitative estimate of drug-likeness (QED) is 0.870. The highest BCUT2D eigenvalue weighted by Gasteiger charge is 2.15. The fourth-order valence-electron chi connectivity index (χ4n) is 2.22. The van der Waals surface area contributed by atoms with Gasteiger partial charge in [0, 0.05) is 31.9 Å². The number of hydrogen-bond donors (Lipinski definition) is 1. The Bertz CT molecular complexity index is 511. The minimum Gasteiger partial charge on any atom is -0.311 e. The summed E-state index contributed by atoms with van der Waals surface area (Å²) in [7, 11) is 3.91. The zero-order chi connectivity index (χ0) is 13.1. The smallest absolute Gasteiger partial charge is 0.0797 e. The first-order valence-electron chi connectivity index (χ1n) is 6.34. The van der Waals surface area contributed by atoms with Crippen LogP contribution in [0.5, 0.6) is 0 Å². The van der Waals surface area contributed by atoms with Crippen LogP contribution in [0, 0.1) is 6.92 Å². The van der Waals surface area contributed by atoms with Crippen molar-refractivity contribution in [2.75, 3.05) is 7.05 Å². The van der Waals surface area contributed by atoms with E-state index in [0.29, 0.717) is 0 Å². The van der Waals surface area contributed by atoms with Gasteiger partial charge in [0.25, 0.3) is 0 Å². The minimum absolute atomic E-state index is 0.229. The van der Waals surface area contributed by atoms with Crippen molar-refractivity contribution in [3.05, 3.63) is 35.4 Å². The van der Waals surface area contributed by atoms with Crippen molar-refractivity contribution >= 4 is 0 Å². The molecule has 0 fully saturated rings. The predicted molar refractivity (Wildman–Crippen MR) is 71.4 cm³/mol. The largest absolute Gasteiger partial charge is 0.311 e. The number of likely N-dealkylation sites (N-methyl/N-ethyl adjacent to an activating group) is 1. The highest BCUT2D eigenvalue weighted by Crippen LogP contribution is 2.17. The number of rotatable bonds is 5. The van der Waals surface area contributed by atoms with Gasteiger partial charge in [-0.25, -0.2) is 0 Å². The first-order valence-corrected chi connectivity index (χ1v) is 6.34. The Hall–Kier alpha value is -1.62. The van der Waals surface area contributed by atoms with Crippen molar-refractivity contribution in [2.24, 2.45) is 7.05 Å². The number of nitrogens with zero attached hydrogens (tertiary/aromatic N) is 4. The molecule has 5 nitrogen and oxygen atoms in total. The predicted octanol–water partition coefficient (Wildman–Crippen LogP) is 1.45. The molecule has 0 saturated heterocycles. The van der Waals surface area contributed by atoms with Gasteiger partial charge in [-0.15, -0.1) is 0 Å². The molecule has 2 aromatic heterocycles. The van der Waals surface area contributed by atoms with E-state index in [1.165, 1.54) is 5.69 Å². The Labute approximate surface area is 108 Å². The zero-order valence-electron chi connectivity index (χ0n) is 11.5. The molecule has 2 rings (SSSR count). The van der Waals surface area contributed by atoms with Crippen LogP contribution in [0.3, 0.4) is 0 Å². The molecule has 1 N–H and O–H groups in total. The first-order chi connectivity index (χ1) is 8.63. The van der Waals surface area contributed by atoms with E-state index >= 15 is 0 Å². The second-order valence-corrected chi connectivity index (χ2v) is 4.55. The van der Waals surface area contributed by atoms with E-state index in [1.807, 2.05) is 31.9 Å². The molecular formula is C13H21N5. The maximum atomic E-state index is 4.48. The van der Waals surface area contributed by atoms with Crippen LogP contribution in [-0.2, 0) is 20.0 Å². The van der Waals surface area contributed by atoms with Crippen LogP contribution in [0.1, 0.15) is 30.0 Å². The lowest BCUT2D eigenvalue weighted by molar-refractivity contribution is 0.525. The van der Waals surface area contributed by atoms with Gasteiger partial charge in [-0.3, -0.25) is 9.36 Å². The second-order valence-electron chi connectivity index (χ2n) is 4.55. The first kappa shape index (κ1) is 12.8. The Morgan fingerprint density at radius 2 is 2.17 bits per heavy atom. The van der Waals surface area contributed by atoms with E-state index in [0.717, 1.165) is 24.4 Å². The van der Waals surface area contributed by atoms with Crippen LogP contribution < -0.4 is 5.32 Å². The summed E-state index contributed by atoms with van der Waals surface area (Å²) in [4.78, 5) is 0. The normalized spacial score (nSPS) is 12.9. The van der Waals surface area contributed by atoms with E-state index in [-0.39, 0.29) is 6.04 Å². The molecule has 18 heavy (non-hydrogen) atoms. The molecule has 5 heteroatoms. The summed E-state index contributed by atoms with van der Waals surface area (Å²) < 4.78 is 3.89. The third-order valence-electron chi connectivity index (χ3n) is 3.14. The summed E-state index contributed by atoms with van der Waals surface area (Å²) in [6.07, 6.45) is 2.88. The van der Waals surface area contributed by atoms with Crippen molar-refractivity contribution in [3.8, 4) is 0 Å². The molecule has 0 aliphatic carbocycles. The Morgan fingerprint density at radius 1 is 1.39 bits per heavy atom. The molecule has 0 saturated carbocycles. The topological polar surface area (TPSA) is 47.7 Å². The summed E-state index contributed by atoms with van der Waals surface area (Å²) >= 11 is 0. The average molecular weight is 247 g/mol. The molecule has 2 heterocycles. The van der Waals surface area contributed by atoms with Crippen molar-refractivity contribution in [1.82, 2.24) is 24.9 Å². The van der Waals surface area contributed by atoms with Crippen molar-refractivity contribution in [2.45, 2.75) is 32.9 Å². The third kappa shape index (κ3) is 2.61. The number of aryl methyl sites for hydroxylation is 3. The van der Waals surface area contributed by atoms with Gasteiger partial charge >= 0.3 is 0 Å². The highest BCUT2D eigenvalue weighted by atomic mass is 15.3. The van der Waals surface area contributed by atoms with E-state index in [9.17, 15) is 0 Å². The summed E-state index contributed by atoms with van der Waals surface area (Å²) in [5, 5.41) is 12.3. The van der Waals surface area contributed by atoms with E-state index in [4.69, 9.17) is 0 Å². The molecule has 1 unspecified atom stereocenters. The minimum atomic E-state index is 0.229. The van der Waals surface area contributed by atoms with Crippen LogP contribution in [0.4, 0.5) is 0 Å². The van der Waals surface area contributed by atoms with E-state index < -0.39 is 0 Å². The van der Waals surface area contributed by atoms with E-state index in [1.54, 1.807) is 0 Å². The Morgan fingerprint density at radius 3 is 2.72 bits per heavy atom. The number of hydrogen-bond acceptors (Lipinski definition) is 3. The molecule has 0 amide bonds. The van der Waals surface area contributed by atoms with Gasteiger partial charge in [-0.1, -0.05) is 0 Å².